The number of hydrogen-bond donors (Lipinski definition) is 0. The minimum absolute atomic E-state index is 0. The van der Waals surface area contributed by atoms with Crippen LogP contribution in [0.2, 0.25) is 0 Å². The standard InChI is InChI=1S/3C16H35O4P.Fe/c3*1-5-8-10-11-12-15(4)20-21(17,18)19-14-16(7-3)13-9-6-2;/h3*15-16H,5-14H2,1-4H3,(H,17,18);/q;;;+3/p-3. The second-order valence-electron chi connectivity index (χ2n) is 17.8. The van der Waals surface area contributed by atoms with Crippen LogP contribution >= 0.6 is 23.5 Å². The SMILES string of the molecule is CCCCCCC(C)OP(=O)([O-])OCC(CC)CCCC.CCCCCCC(C)OP(=O)([O-])OCC(CC)CCCC.CCCCCCC(C)OP(=O)([O-])OCC(CC)CCCC.[Fe+3]. The first kappa shape index (κ1) is 71.4. The summed E-state index contributed by atoms with van der Waals surface area (Å²) in [5.74, 6) is 0.905. The topological polar surface area (TPSA) is 176 Å². The average Bonchev–Trinajstić information content (AvgIpc) is 3.23. The van der Waals surface area contributed by atoms with Crippen LogP contribution < -0.4 is 14.7 Å². The average molecular weight is 1020 g/mol. The van der Waals surface area contributed by atoms with E-state index in [-0.39, 0.29) is 55.2 Å². The zero-order valence-corrected chi connectivity index (χ0v) is 47.1. The smallest absolute Gasteiger partial charge is 0.756 e. The third kappa shape index (κ3) is 49.3. The van der Waals surface area contributed by atoms with E-state index in [9.17, 15) is 28.4 Å². The zero-order valence-electron chi connectivity index (χ0n) is 43.3. The molecule has 0 aliphatic carbocycles. The van der Waals surface area contributed by atoms with Crippen LogP contribution in [0.25, 0.3) is 0 Å². The van der Waals surface area contributed by atoms with E-state index in [1.54, 1.807) is 20.8 Å². The molecule has 389 valence electrons. The minimum Gasteiger partial charge on any atom is -0.756 e. The van der Waals surface area contributed by atoms with E-state index in [0.29, 0.717) is 17.8 Å². The van der Waals surface area contributed by atoms with Gasteiger partial charge in [0.15, 0.2) is 0 Å². The first-order chi connectivity index (χ1) is 29.8. The summed E-state index contributed by atoms with van der Waals surface area (Å²) in [7, 11) is -12.5. The van der Waals surface area contributed by atoms with Crippen molar-refractivity contribution in [2.45, 2.75) is 275 Å². The van der Waals surface area contributed by atoms with Crippen LogP contribution in [0.1, 0.15) is 256 Å². The number of unbranched alkanes of at least 4 members (excludes halogenated alkanes) is 12. The van der Waals surface area contributed by atoms with Crippen molar-refractivity contribution in [1.82, 2.24) is 0 Å². The van der Waals surface area contributed by atoms with Crippen molar-refractivity contribution in [3.8, 4) is 0 Å². The summed E-state index contributed by atoms with van der Waals surface area (Å²) in [6.45, 7) is 25.2. The maximum atomic E-state index is 11.8. The van der Waals surface area contributed by atoms with E-state index in [0.717, 1.165) is 135 Å². The van der Waals surface area contributed by atoms with Gasteiger partial charge in [-0.2, -0.15) is 0 Å². The summed E-state index contributed by atoms with van der Waals surface area (Å²) < 4.78 is 65.9. The number of hydrogen-bond acceptors (Lipinski definition) is 12. The molecule has 0 aliphatic heterocycles. The molecule has 12 nitrogen and oxygen atoms in total. The van der Waals surface area contributed by atoms with E-state index in [1.165, 1.54) is 38.5 Å². The van der Waals surface area contributed by atoms with Crippen molar-refractivity contribution in [1.29, 1.82) is 0 Å². The Balaban J connectivity index is -0.000000419. The molecule has 0 heterocycles. The van der Waals surface area contributed by atoms with E-state index in [1.807, 2.05) is 0 Å². The molecule has 0 bridgehead atoms. The van der Waals surface area contributed by atoms with Gasteiger partial charge in [0.2, 0.25) is 0 Å². The second-order valence-corrected chi connectivity index (χ2v) is 21.9. The van der Waals surface area contributed by atoms with Gasteiger partial charge in [-0.3, -0.25) is 13.7 Å². The van der Waals surface area contributed by atoms with Crippen LogP contribution in [0.15, 0.2) is 0 Å². The molecule has 0 aromatic heterocycles. The maximum absolute atomic E-state index is 11.8. The van der Waals surface area contributed by atoms with Crippen LogP contribution in [0.5, 0.6) is 0 Å². The van der Waals surface area contributed by atoms with Crippen LogP contribution in [0, 0.1) is 17.8 Å². The quantitative estimate of drug-likeness (QED) is 0.0322. The molecular weight excluding hydrogens is 917 g/mol. The molecule has 9 unspecified atom stereocenters. The monoisotopic (exact) mass is 1020 g/mol. The van der Waals surface area contributed by atoms with Gasteiger partial charge in [-0.25, -0.2) is 0 Å². The number of rotatable bonds is 42. The van der Waals surface area contributed by atoms with E-state index in [2.05, 4.69) is 62.3 Å². The van der Waals surface area contributed by atoms with Crippen molar-refractivity contribution in [3.63, 3.8) is 0 Å². The summed E-state index contributed by atoms with van der Waals surface area (Å²) in [5, 5.41) is 0. The maximum Gasteiger partial charge on any atom is 3.00 e. The molecule has 0 aliphatic rings. The zero-order chi connectivity index (χ0) is 48.4. The van der Waals surface area contributed by atoms with Gasteiger partial charge in [-0.05, 0) is 77.0 Å². The van der Waals surface area contributed by atoms with Crippen molar-refractivity contribution in [3.05, 3.63) is 0 Å². The van der Waals surface area contributed by atoms with Gasteiger partial charge in [0.05, 0.1) is 38.1 Å². The Morgan fingerprint density at radius 2 is 0.562 bits per heavy atom. The summed E-state index contributed by atoms with van der Waals surface area (Å²) in [6, 6.07) is 0. The minimum atomic E-state index is -4.15. The molecule has 0 aromatic rings. The molecule has 0 N–H and O–H groups in total. The van der Waals surface area contributed by atoms with Crippen LogP contribution in [-0.4, -0.2) is 38.1 Å². The fourth-order valence-electron chi connectivity index (χ4n) is 6.77. The molecular formula is C48H102FeO12P3. The van der Waals surface area contributed by atoms with Gasteiger partial charge in [-0.15, -0.1) is 0 Å². The Labute approximate surface area is 406 Å². The van der Waals surface area contributed by atoms with Crippen LogP contribution in [0.4, 0.5) is 0 Å². The summed E-state index contributed by atoms with van der Waals surface area (Å²) >= 11 is 0. The van der Waals surface area contributed by atoms with Crippen molar-refractivity contribution < 1.29 is 72.6 Å². The van der Waals surface area contributed by atoms with Crippen LogP contribution in [-0.2, 0) is 57.9 Å². The molecule has 0 saturated carbocycles. The molecule has 1 radical (unpaired) electrons. The first-order valence-electron chi connectivity index (χ1n) is 25.8. The third-order valence-electron chi connectivity index (χ3n) is 11.4. The van der Waals surface area contributed by atoms with Gasteiger partial charge in [0.25, 0.3) is 23.5 Å². The summed E-state index contributed by atoms with van der Waals surface area (Å²) in [5.41, 5.74) is 0. The van der Waals surface area contributed by atoms with E-state index >= 15 is 0 Å². The van der Waals surface area contributed by atoms with E-state index < -0.39 is 23.5 Å². The molecule has 0 fully saturated rings. The second kappa shape index (κ2) is 47.5. The molecule has 0 rings (SSSR count). The molecule has 9 atom stereocenters. The molecule has 0 amide bonds. The molecule has 64 heavy (non-hydrogen) atoms. The Morgan fingerprint density at radius 1 is 0.344 bits per heavy atom. The van der Waals surface area contributed by atoms with Gasteiger partial charge in [0, 0.05) is 0 Å². The molecule has 16 heteroatoms. The molecule has 0 saturated heterocycles. The Bertz CT molecular complexity index is 991. The number of phosphoric ester groups is 3. The summed E-state index contributed by atoms with van der Waals surface area (Å²) in [4.78, 5) is 35.4. The van der Waals surface area contributed by atoms with Gasteiger partial charge < -0.3 is 41.8 Å². The van der Waals surface area contributed by atoms with Gasteiger partial charge >= 0.3 is 17.1 Å². The van der Waals surface area contributed by atoms with Crippen molar-refractivity contribution in [2.75, 3.05) is 19.8 Å². The molecule has 0 spiro atoms. The number of phosphoric acid groups is 3. The summed E-state index contributed by atoms with van der Waals surface area (Å²) in [6.07, 6.45) is 27.5. The van der Waals surface area contributed by atoms with Gasteiger partial charge in [-0.1, -0.05) is 197 Å². The normalized spacial score (nSPS) is 17.1. The third-order valence-corrected chi connectivity index (χ3v) is 14.6. The predicted molar refractivity (Wildman–Crippen MR) is 259 cm³/mol. The van der Waals surface area contributed by atoms with Gasteiger partial charge in [0.1, 0.15) is 0 Å². The fraction of sp³-hybridized carbons (Fsp3) is 1.00. The van der Waals surface area contributed by atoms with Crippen molar-refractivity contribution >= 4 is 23.5 Å². The Kier molecular flexibility index (Phi) is 53.0. The Hall–Kier alpha value is 0.849. The Morgan fingerprint density at radius 3 is 0.750 bits per heavy atom. The largest absolute Gasteiger partial charge is 3.00 e. The fourth-order valence-corrected chi connectivity index (χ4v) is 9.77. The van der Waals surface area contributed by atoms with Crippen LogP contribution in [0.3, 0.4) is 0 Å². The first-order valence-corrected chi connectivity index (χ1v) is 30.1. The van der Waals surface area contributed by atoms with Crippen molar-refractivity contribution in [2.24, 2.45) is 17.8 Å². The molecule has 0 aromatic carbocycles. The predicted octanol–water partition coefficient (Wildman–Crippen LogP) is 15.2. The van der Waals surface area contributed by atoms with E-state index in [4.69, 9.17) is 27.1 Å².